The summed E-state index contributed by atoms with van der Waals surface area (Å²) in [4.78, 5) is 55.3. The Bertz CT molecular complexity index is 1160. The molecule has 202 valence electrons. The smallest absolute Gasteiger partial charge is 0.251 e. The van der Waals surface area contributed by atoms with Crippen molar-refractivity contribution in [2.24, 2.45) is 10.2 Å². The summed E-state index contributed by atoms with van der Waals surface area (Å²) in [6.45, 7) is 2.59. The number of amides is 2. The third-order valence-electron chi connectivity index (χ3n) is 6.07. The number of rotatable bonds is 12. The van der Waals surface area contributed by atoms with Crippen LogP contribution in [-0.4, -0.2) is 93.6 Å². The maximum absolute atomic E-state index is 12.9. The monoisotopic (exact) mass is 520 g/mol. The number of benzene rings is 2. The van der Waals surface area contributed by atoms with Gasteiger partial charge in [-0.3, -0.25) is 19.2 Å². The third-order valence-corrected chi connectivity index (χ3v) is 6.07. The minimum absolute atomic E-state index is 0.0988. The van der Waals surface area contributed by atoms with Gasteiger partial charge in [-0.2, -0.15) is 10.2 Å². The molecule has 1 atom stereocenters. The summed E-state index contributed by atoms with van der Waals surface area (Å²) < 4.78 is 0. The van der Waals surface area contributed by atoms with Crippen molar-refractivity contribution >= 4 is 29.1 Å². The SMILES string of the molecule is CN(C)CCCNC(=O)c1cc(N=NC2C(=O)Cc3ccccc3C2=O)cc(C(=O)NCCCN(C)C)c1. The topological polar surface area (TPSA) is 124 Å². The van der Waals surface area contributed by atoms with Crippen LogP contribution in [0.5, 0.6) is 0 Å². The maximum atomic E-state index is 12.9. The third kappa shape index (κ3) is 8.12. The van der Waals surface area contributed by atoms with Gasteiger partial charge in [0.05, 0.1) is 5.69 Å². The van der Waals surface area contributed by atoms with Crippen LogP contribution in [0, 0.1) is 0 Å². The van der Waals surface area contributed by atoms with E-state index in [9.17, 15) is 19.2 Å². The van der Waals surface area contributed by atoms with E-state index >= 15 is 0 Å². The van der Waals surface area contributed by atoms with Crippen LogP contribution < -0.4 is 10.6 Å². The zero-order chi connectivity index (χ0) is 27.7. The molecule has 1 aliphatic carbocycles. The van der Waals surface area contributed by atoms with Crippen LogP contribution in [0.15, 0.2) is 52.7 Å². The van der Waals surface area contributed by atoms with Crippen molar-refractivity contribution in [3.8, 4) is 0 Å². The van der Waals surface area contributed by atoms with E-state index in [2.05, 4.69) is 20.9 Å². The Morgan fingerprint density at radius 3 is 1.97 bits per heavy atom. The van der Waals surface area contributed by atoms with Crippen LogP contribution in [-0.2, 0) is 11.2 Å². The lowest BCUT2D eigenvalue weighted by atomic mass is 9.87. The molecule has 0 heterocycles. The van der Waals surface area contributed by atoms with Gasteiger partial charge in [0.25, 0.3) is 11.8 Å². The Kier molecular flexibility index (Phi) is 10.4. The number of carbonyl (C=O) groups excluding carboxylic acids is 4. The van der Waals surface area contributed by atoms with E-state index in [1.807, 2.05) is 38.0 Å². The molecule has 3 rings (SSSR count). The summed E-state index contributed by atoms with van der Waals surface area (Å²) in [7, 11) is 7.83. The molecule has 10 heteroatoms. The first kappa shape index (κ1) is 28.8. The number of ketones is 2. The number of nitrogens with one attached hydrogen (secondary N) is 2. The van der Waals surface area contributed by atoms with Crippen molar-refractivity contribution in [2.45, 2.75) is 25.3 Å². The zero-order valence-corrected chi connectivity index (χ0v) is 22.5. The highest BCUT2D eigenvalue weighted by Gasteiger charge is 2.34. The Hall–Kier alpha value is -3.76. The molecule has 0 spiro atoms. The fourth-order valence-electron chi connectivity index (χ4n) is 4.06. The predicted octanol–water partition coefficient (Wildman–Crippen LogP) is 2.51. The van der Waals surface area contributed by atoms with Crippen LogP contribution in [0.2, 0.25) is 0 Å². The molecule has 2 aromatic carbocycles. The standard InChI is InChI=1S/C28H36N6O4/c1-33(2)13-7-11-29-27(37)20-15-21(28(38)30-12-8-14-34(3)4)17-22(16-20)31-32-25-24(35)18-19-9-5-6-10-23(19)26(25)36/h5-6,9-10,15-17,25H,7-8,11-14,18H2,1-4H3,(H,29,37)(H,30,38). The molecule has 0 aromatic heterocycles. The second-order valence-electron chi connectivity index (χ2n) is 9.88. The van der Waals surface area contributed by atoms with Crippen LogP contribution >= 0.6 is 0 Å². The number of carbonyl (C=O) groups is 4. The molecule has 0 aliphatic heterocycles. The number of hydrogen-bond donors (Lipinski definition) is 2. The van der Waals surface area contributed by atoms with Crippen molar-refractivity contribution < 1.29 is 19.2 Å². The fraction of sp³-hybridized carbons (Fsp3) is 0.429. The number of nitrogens with zero attached hydrogens (tertiary/aromatic N) is 4. The van der Waals surface area contributed by atoms with Gasteiger partial charge in [0.2, 0.25) is 0 Å². The Morgan fingerprint density at radius 2 is 1.42 bits per heavy atom. The van der Waals surface area contributed by atoms with E-state index in [0.29, 0.717) is 24.2 Å². The number of hydrogen-bond acceptors (Lipinski definition) is 8. The number of azo groups is 1. The zero-order valence-electron chi connectivity index (χ0n) is 22.5. The van der Waals surface area contributed by atoms with E-state index in [1.54, 1.807) is 24.3 Å². The molecular weight excluding hydrogens is 484 g/mol. The first-order valence-electron chi connectivity index (χ1n) is 12.7. The molecule has 1 aliphatic rings. The molecule has 38 heavy (non-hydrogen) atoms. The van der Waals surface area contributed by atoms with Gasteiger partial charge in [-0.25, -0.2) is 0 Å². The summed E-state index contributed by atoms with van der Waals surface area (Å²) >= 11 is 0. The van der Waals surface area contributed by atoms with Gasteiger partial charge in [-0.1, -0.05) is 24.3 Å². The molecular formula is C28H36N6O4. The molecule has 0 fully saturated rings. The average Bonchev–Trinajstić information content (AvgIpc) is 2.88. The van der Waals surface area contributed by atoms with Gasteiger partial charge in [0.15, 0.2) is 17.6 Å². The van der Waals surface area contributed by atoms with E-state index in [4.69, 9.17) is 0 Å². The minimum atomic E-state index is -1.25. The lowest BCUT2D eigenvalue weighted by Crippen LogP contribution is -2.35. The maximum Gasteiger partial charge on any atom is 0.251 e. The molecule has 2 aromatic rings. The van der Waals surface area contributed by atoms with Crippen LogP contribution in [0.25, 0.3) is 0 Å². The van der Waals surface area contributed by atoms with E-state index in [1.165, 1.54) is 18.2 Å². The highest BCUT2D eigenvalue weighted by Crippen LogP contribution is 2.24. The van der Waals surface area contributed by atoms with Gasteiger partial charge in [0, 0.05) is 36.2 Å². The second kappa shape index (κ2) is 13.7. The molecule has 0 radical (unpaired) electrons. The van der Waals surface area contributed by atoms with Crippen molar-refractivity contribution in [2.75, 3.05) is 54.4 Å². The first-order chi connectivity index (χ1) is 18.2. The van der Waals surface area contributed by atoms with Crippen molar-refractivity contribution in [3.63, 3.8) is 0 Å². The summed E-state index contributed by atoms with van der Waals surface area (Å²) in [6.07, 6.45) is 1.64. The molecule has 0 saturated carbocycles. The van der Waals surface area contributed by atoms with Gasteiger partial charge in [-0.05, 0) is 77.9 Å². The van der Waals surface area contributed by atoms with Crippen LogP contribution in [0.4, 0.5) is 5.69 Å². The lowest BCUT2D eigenvalue weighted by molar-refractivity contribution is -0.118. The lowest BCUT2D eigenvalue weighted by Gasteiger charge is -2.18. The predicted molar refractivity (Wildman–Crippen MR) is 145 cm³/mol. The summed E-state index contributed by atoms with van der Waals surface area (Å²) in [5.41, 5.74) is 1.84. The molecule has 1 unspecified atom stereocenters. The summed E-state index contributed by atoms with van der Waals surface area (Å²) in [5, 5.41) is 13.9. The molecule has 10 nitrogen and oxygen atoms in total. The van der Waals surface area contributed by atoms with Crippen LogP contribution in [0.3, 0.4) is 0 Å². The highest BCUT2D eigenvalue weighted by atomic mass is 16.2. The van der Waals surface area contributed by atoms with Gasteiger partial charge in [-0.15, -0.1) is 0 Å². The molecule has 0 bridgehead atoms. The van der Waals surface area contributed by atoms with Crippen LogP contribution in [0.1, 0.15) is 49.5 Å². The normalized spacial score (nSPS) is 15.3. The Morgan fingerprint density at radius 1 is 0.868 bits per heavy atom. The Labute approximate surface area is 223 Å². The van der Waals surface area contributed by atoms with Gasteiger partial charge >= 0.3 is 0 Å². The van der Waals surface area contributed by atoms with E-state index in [-0.39, 0.29) is 40.8 Å². The van der Waals surface area contributed by atoms with Crippen molar-refractivity contribution in [1.82, 2.24) is 20.4 Å². The minimum Gasteiger partial charge on any atom is -0.352 e. The molecule has 2 amide bonds. The van der Waals surface area contributed by atoms with E-state index in [0.717, 1.165) is 25.9 Å². The largest absolute Gasteiger partial charge is 0.352 e. The van der Waals surface area contributed by atoms with Gasteiger partial charge in [0.1, 0.15) is 0 Å². The average molecular weight is 521 g/mol. The molecule has 2 N–H and O–H groups in total. The summed E-state index contributed by atoms with van der Waals surface area (Å²) in [5.74, 6) is -1.44. The van der Waals surface area contributed by atoms with Crippen molar-refractivity contribution in [1.29, 1.82) is 0 Å². The fourth-order valence-corrected chi connectivity index (χ4v) is 4.06. The number of fused-ring (bicyclic) bond motifs is 1. The summed E-state index contributed by atoms with van der Waals surface area (Å²) in [6, 6.07) is 10.2. The van der Waals surface area contributed by atoms with E-state index < -0.39 is 11.8 Å². The first-order valence-corrected chi connectivity index (χ1v) is 12.7. The van der Waals surface area contributed by atoms with Crippen molar-refractivity contribution in [3.05, 3.63) is 64.7 Å². The molecule has 0 saturated heterocycles. The number of Topliss-reactive ketones (excluding diaryl/α,β-unsaturated/α-hetero) is 2. The van der Waals surface area contributed by atoms with Gasteiger partial charge < -0.3 is 20.4 Å². The highest BCUT2D eigenvalue weighted by molar-refractivity contribution is 6.18. The second-order valence-corrected chi connectivity index (χ2v) is 9.88. The quantitative estimate of drug-likeness (QED) is 0.252. The Balaban J connectivity index is 1.81.